The van der Waals surface area contributed by atoms with Gasteiger partial charge in [-0.2, -0.15) is 5.48 Å². The molecule has 1 aliphatic carbocycles. The highest BCUT2D eigenvalue weighted by atomic mass is 16.7. The van der Waals surface area contributed by atoms with Crippen LogP contribution in [0, 0.1) is 5.92 Å². The van der Waals surface area contributed by atoms with Crippen LogP contribution < -0.4 is 26.9 Å². The number of carbonyl (C=O) groups excluding carboxylic acids is 1. The molecule has 0 spiro atoms. The van der Waals surface area contributed by atoms with Gasteiger partial charge < -0.3 is 10.6 Å². The summed E-state index contributed by atoms with van der Waals surface area (Å²) in [5.74, 6) is 0.876. The summed E-state index contributed by atoms with van der Waals surface area (Å²) in [7, 11) is 0. The van der Waals surface area contributed by atoms with Crippen molar-refractivity contribution in [3.63, 3.8) is 0 Å². The second-order valence-electron chi connectivity index (χ2n) is 8.32. The van der Waals surface area contributed by atoms with Crippen LogP contribution >= 0.6 is 0 Å². The summed E-state index contributed by atoms with van der Waals surface area (Å²) in [5, 5.41) is 12.2. The highest BCUT2D eigenvalue weighted by Gasteiger charge is 2.37. The van der Waals surface area contributed by atoms with Crippen LogP contribution in [-0.4, -0.2) is 68.0 Å². The first-order chi connectivity index (χ1) is 12.8. The zero-order valence-corrected chi connectivity index (χ0v) is 15.6. The molecule has 1 saturated carbocycles. The van der Waals surface area contributed by atoms with E-state index in [1.54, 1.807) is 0 Å². The summed E-state index contributed by atoms with van der Waals surface area (Å²) in [6.07, 6.45) is 8.68. The molecule has 26 heavy (non-hydrogen) atoms. The van der Waals surface area contributed by atoms with Crippen molar-refractivity contribution in [3.8, 4) is 0 Å². The number of hydroxylamine groups is 1. The minimum absolute atomic E-state index is 0.0627. The number of carbonyl (C=O) groups is 1. The third-order valence-corrected chi connectivity index (χ3v) is 6.27. The van der Waals surface area contributed by atoms with Crippen molar-refractivity contribution in [1.29, 1.82) is 0 Å². The summed E-state index contributed by atoms with van der Waals surface area (Å²) >= 11 is 0. The molecule has 8 heteroatoms. The van der Waals surface area contributed by atoms with Gasteiger partial charge in [0.25, 0.3) is 0 Å². The van der Waals surface area contributed by atoms with Gasteiger partial charge in [-0.15, -0.1) is 0 Å². The largest absolute Gasteiger partial charge is 0.349 e. The molecule has 8 nitrogen and oxygen atoms in total. The standard InChI is InChI=1S/C18H34N6O2/c25-18(16-8-17(26-23-16)15-6-7-19-12-20-15)22-14-9-21-24(11-14)10-13-4-2-1-3-5-13/h13-17,19-21,23H,1-12H2,(H,22,25). The zero-order valence-electron chi connectivity index (χ0n) is 15.6. The van der Waals surface area contributed by atoms with Gasteiger partial charge in [-0.25, -0.2) is 5.01 Å². The molecule has 4 rings (SSSR count). The topological polar surface area (TPSA) is 89.7 Å². The lowest BCUT2D eigenvalue weighted by Gasteiger charge is -2.27. The molecule has 0 aromatic heterocycles. The Bertz CT molecular complexity index is 467. The second-order valence-corrected chi connectivity index (χ2v) is 8.32. The Kier molecular flexibility index (Phi) is 6.40. The Hall–Kier alpha value is -0.770. The molecule has 0 aromatic carbocycles. The van der Waals surface area contributed by atoms with Crippen molar-refractivity contribution in [2.24, 2.45) is 5.92 Å². The SMILES string of the molecule is O=C(NC1CNN(CC2CCCCC2)C1)C1CC(C2CCNCN2)ON1. The lowest BCUT2D eigenvalue weighted by molar-refractivity contribution is -0.125. The summed E-state index contributed by atoms with van der Waals surface area (Å²) in [4.78, 5) is 18.3. The van der Waals surface area contributed by atoms with Gasteiger partial charge in [0.1, 0.15) is 6.04 Å². The lowest BCUT2D eigenvalue weighted by Crippen LogP contribution is -2.50. The monoisotopic (exact) mass is 366 g/mol. The maximum atomic E-state index is 12.6. The van der Waals surface area contributed by atoms with E-state index in [-0.39, 0.29) is 24.1 Å². The minimum atomic E-state index is -0.246. The van der Waals surface area contributed by atoms with Crippen LogP contribution in [0.3, 0.4) is 0 Å². The Morgan fingerprint density at radius 2 is 2.08 bits per heavy atom. The maximum Gasteiger partial charge on any atom is 0.239 e. The first-order valence-electron chi connectivity index (χ1n) is 10.4. The van der Waals surface area contributed by atoms with Crippen LogP contribution in [0.25, 0.3) is 0 Å². The first kappa shape index (κ1) is 18.6. The number of hydrazine groups is 1. The molecule has 4 atom stereocenters. The summed E-state index contributed by atoms with van der Waals surface area (Å²) < 4.78 is 0. The Labute approximate surface area is 156 Å². The first-order valence-corrected chi connectivity index (χ1v) is 10.4. The number of nitrogens with one attached hydrogen (secondary N) is 5. The van der Waals surface area contributed by atoms with Crippen LogP contribution in [0.15, 0.2) is 0 Å². The van der Waals surface area contributed by atoms with Crippen molar-refractivity contribution >= 4 is 5.91 Å². The van der Waals surface area contributed by atoms with E-state index in [1.165, 1.54) is 32.1 Å². The third-order valence-electron chi connectivity index (χ3n) is 6.27. The smallest absolute Gasteiger partial charge is 0.239 e. The third kappa shape index (κ3) is 4.74. The fourth-order valence-electron chi connectivity index (χ4n) is 4.73. The van der Waals surface area contributed by atoms with Crippen molar-refractivity contribution in [3.05, 3.63) is 0 Å². The highest BCUT2D eigenvalue weighted by Crippen LogP contribution is 2.24. The minimum Gasteiger partial charge on any atom is -0.349 e. The second kappa shape index (κ2) is 8.95. The fourth-order valence-corrected chi connectivity index (χ4v) is 4.73. The number of hydrogen-bond acceptors (Lipinski definition) is 7. The van der Waals surface area contributed by atoms with Gasteiger partial charge in [0.15, 0.2) is 0 Å². The molecular formula is C18H34N6O2. The van der Waals surface area contributed by atoms with Crippen molar-refractivity contribution < 1.29 is 9.63 Å². The average Bonchev–Trinajstić information content (AvgIpc) is 3.33. The van der Waals surface area contributed by atoms with Crippen LogP contribution in [0.1, 0.15) is 44.9 Å². The van der Waals surface area contributed by atoms with Gasteiger partial charge in [0, 0.05) is 38.8 Å². The van der Waals surface area contributed by atoms with E-state index in [0.29, 0.717) is 6.04 Å². The molecule has 3 saturated heterocycles. The summed E-state index contributed by atoms with van der Waals surface area (Å²) in [6, 6.07) is 0.258. The van der Waals surface area contributed by atoms with Crippen LogP contribution in [0.4, 0.5) is 0 Å². The quantitative estimate of drug-likeness (QED) is 0.446. The van der Waals surface area contributed by atoms with Gasteiger partial charge >= 0.3 is 0 Å². The zero-order chi connectivity index (χ0) is 17.8. The van der Waals surface area contributed by atoms with Crippen molar-refractivity contribution in [1.82, 2.24) is 31.9 Å². The normalized spacial score (nSPS) is 37.1. The molecule has 1 amide bonds. The van der Waals surface area contributed by atoms with Crippen LogP contribution in [-0.2, 0) is 9.63 Å². The van der Waals surface area contributed by atoms with Crippen LogP contribution in [0.5, 0.6) is 0 Å². The molecule has 4 unspecified atom stereocenters. The van der Waals surface area contributed by atoms with Gasteiger partial charge in [-0.05, 0) is 31.7 Å². The lowest BCUT2D eigenvalue weighted by atomic mass is 9.89. The Morgan fingerprint density at radius 3 is 2.88 bits per heavy atom. The molecule has 3 aliphatic heterocycles. The number of rotatable bonds is 5. The summed E-state index contributed by atoms with van der Waals surface area (Å²) in [5.41, 5.74) is 6.41. The molecule has 0 aromatic rings. The van der Waals surface area contributed by atoms with Gasteiger partial charge in [0.05, 0.1) is 12.1 Å². The molecule has 4 aliphatic rings. The van der Waals surface area contributed by atoms with Crippen LogP contribution in [0.2, 0.25) is 0 Å². The highest BCUT2D eigenvalue weighted by molar-refractivity contribution is 5.82. The van der Waals surface area contributed by atoms with E-state index in [2.05, 4.69) is 31.9 Å². The molecule has 148 valence electrons. The van der Waals surface area contributed by atoms with Crippen molar-refractivity contribution in [2.75, 3.05) is 32.8 Å². The van der Waals surface area contributed by atoms with E-state index >= 15 is 0 Å². The van der Waals surface area contributed by atoms with E-state index in [4.69, 9.17) is 4.84 Å². The number of amides is 1. The number of hydrogen-bond donors (Lipinski definition) is 5. The molecule has 0 bridgehead atoms. The van der Waals surface area contributed by atoms with E-state index < -0.39 is 0 Å². The van der Waals surface area contributed by atoms with Crippen molar-refractivity contribution in [2.45, 2.75) is 69.2 Å². The fraction of sp³-hybridized carbons (Fsp3) is 0.944. The van der Waals surface area contributed by atoms with Gasteiger partial charge in [-0.1, -0.05) is 19.3 Å². The number of nitrogens with zero attached hydrogens (tertiary/aromatic N) is 1. The molecule has 4 fully saturated rings. The molecule has 3 heterocycles. The molecule has 5 N–H and O–H groups in total. The van der Waals surface area contributed by atoms with E-state index in [1.807, 2.05) is 0 Å². The Morgan fingerprint density at radius 1 is 1.19 bits per heavy atom. The maximum absolute atomic E-state index is 12.6. The van der Waals surface area contributed by atoms with E-state index in [9.17, 15) is 4.79 Å². The van der Waals surface area contributed by atoms with Gasteiger partial charge in [-0.3, -0.25) is 20.4 Å². The van der Waals surface area contributed by atoms with E-state index in [0.717, 1.165) is 51.6 Å². The predicted molar refractivity (Wildman–Crippen MR) is 98.9 cm³/mol. The molecular weight excluding hydrogens is 332 g/mol. The summed E-state index contributed by atoms with van der Waals surface area (Å²) in [6.45, 7) is 4.64. The average molecular weight is 367 g/mol. The van der Waals surface area contributed by atoms with Gasteiger partial charge in [0.2, 0.25) is 5.91 Å². The predicted octanol–water partition coefficient (Wildman–Crippen LogP) is -0.557. The Balaban J connectivity index is 1.18. The molecule has 0 radical (unpaired) electrons.